The van der Waals surface area contributed by atoms with Crippen LogP contribution in [-0.4, -0.2) is 17.1 Å². The van der Waals surface area contributed by atoms with Crippen LogP contribution < -0.4 is 5.32 Å². The fourth-order valence-electron chi connectivity index (χ4n) is 2.28. The summed E-state index contributed by atoms with van der Waals surface area (Å²) in [6, 6.07) is 21.4. The summed E-state index contributed by atoms with van der Waals surface area (Å²) in [5.74, 6) is -0.161. The molecule has 0 spiro atoms. The minimum Gasteiger partial charge on any atom is -0.367 e. The molecule has 0 radical (unpaired) electrons. The number of rotatable bonds is 6. The molecule has 1 heterocycles. The van der Waals surface area contributed by atoms with Crippen molar-refractivity contribution in [1.29, 1.82) is 0 Å². The van der Waals surface area contributed by atoms with Gasteiger partial charge in [0.1, 0.15) is 6.61 Å². The monoisotopic (exact) mass is 306 g/mol. The van der Waals surface area contributed by atoms with Gasteiger partial charge < -0.3 is 14.6 Å². The second kappa shape index (κ2) is 7.42. The third-order valence-electron chi connectivity index (χ3n) is 3.38. The van der Waals surface area contributed by atoms with E-state index in [9.17, 15) is 4.79 Å². The third-order valence-corrected chi connectivity index (χ3v) is 3.38. The third kappa shape index (κ3) is 4.31. The van der Waals surface area contributed by atoms with E-state index in [1.165, 1.54) is 0 Å². The Hall–Kier alpha value is -2.85. The summed E-state index contributed by atoms with van der Waals surface area (Å²) >= 11 is 0. The van der Waals surface area contributed by atoms with Crippen LogP contribution in [0.3, 0.4) is 0 Å². The van der Waals surface area contributed by atoms with Gasteiger partial charge in [-0.15, -0.1) is 0 Å². The largest absolute Gasteiger partial charge is 0.367 e. The molecule has 0 aliphatic carbocycles. The van der Waals surface area contributed by atoms with E-state index in [2.05, 4.69) is 5.32 Å². The van der Waals surface area contributed by atoms with Crippen LogP contribution in [0.2, 0.25) is 0 Å². The molecule has 0 bridgehead atoms. The standard InChI is InChI=1S/C19H18N2O2/c22-19(15-23-14-16-7-2-1-3-8-16)20-17-9-6-10-18(13-17)21-11-4-5-12-21/h1-13H,14-15H2,(H,20,22). The van der Waals surface area contributed by atoms with Gasteiger partial charge in [0.25, 0.3) is 0 Å². The molecule has 0 aliphatic rings. The predicted octanol–water partition coefficient (Wildman–Crippen LogP) is 3.63. The number of nitrogens with zero attached hydrogens (tertiary/aromatic N) is 1. The summed E-state index contributed by atoms with van der Waals surface area (Å²) < 4.78 is 7.43. The zero-order chi connectivity index (χ0) is 15.9. The van der Waals surface area contributed by atoms with Crippen LogP contribution >= 0.6 is 0 Å². The van der Waals surface area contributed by atoms with Gasteiger partial charge in [-0.3, -0.25) is 4.79 Å². The van der Waals surface area contributed by atoms with Crippen LogP contribution in [0.15, 0.2) is 79.1 Å². The second-order valence-electron chi connectivity index (χ2n) is 5.17. The quantitative estimate of drug-likeness (QED) is 0.755. The number of nitrogens with one attached hydrogen (secondary N) is 1. The number of anilines is 1. The highest BCUT2D eigenvalue weighted by atomic mass is 16.5. The van der Waals surface area contributed by atoms with Gasteiger partial charge in [0.05, 0.1) is 6.61 Å². The molecule has 0 aliphatic heterocycles. The Morgan fingerprint density at radius 3 is 2.52 bits per heavy atom. The molecule has 4 nitrogen and oxygen atoms in total. The molecular formula is C19H18N2O2. The zero-order valence-electron chi connectivity index (χ0n) is 12.7. The molecule has 1 aromatic heterocycles. The fourth-order valence-corrected chi connectivity index (χ4v) is 2.28. The summed E-state index contributed by atoms with van der Waals surface area (Å²) in [5, 5.41) is 2.85. The van der Waals surface area contributed by atoms with E-state index in [-0.39, 0.29) is 12.5 Å². The normalized spacial score (nSPS) is 10.4. The highest BCUT2D eigenvalue weighted by Gasteiger charge is 2.04. The lowest BCUT2D eigenvalue weighted by Crippen LogP contribution is -2.18. The van der Waals surface area contributed by atoms with Gasteiger partial charge in [0, 0.05) is 23.8 Å². The maximum absolute atomic E-state index is 12.0. The molecule has 23 heavy (non-hydrogen) atoms. The van der Waals surface area contributed by atoms with Crippen molar-refractivity contribution in [2.45, 2.75) is 6.61 Å². The average molecular weight is 306 g/mol. The van der Waals surface area contributed by atoms with Crippen LogP contribution in [0.5, 0.6) is 0 Å². The van der Waals surface area contributed by atoms with Crippen molar-refractivity contribution in [1.82, 2.24) is 4.57 Å². The van der Waals surface area contributed by atoms with Crippen LogP contribution in [0.25, 0.3) is 5.69 Å². The van der Waals surface area contributed by atoms with Gasteiger partial charge in [-0.1, -0.05) is 36.4 Å². The highest BCUT2D eigenvalue weighted by Crippen LogP contribution is 2.14. The van der Waals surface area contributed by atoms with Gasteiger partial charge in [-0.2, -0.15) is 0 Å². The first-order valence-corrected chi connectivity index (χ1v) is 7.46. The van der Waals surface area contributed by atoms with Crippen LogP contribution in [0.4, 0.5) is 5.69 Å². The van der Waals surface area contributed by atoms with E-state index in [0.29, 0.717) is 6.61 Å². The molecule has 3 rings (SSSR count). The number of amides is 1. The molecule has 0 saturated carbocycles. The second-order valence-corrected chi connectivity index (χ2v) is 5.17. The first-order chi connectivity index (χ1) is 11.3. The average Bonchev–Trinajstić information content (AvgIpc) is 3.11. The molecule has 1 N–H and O–H groups in total. The van der Waals surface area contributed by atoms with Gasteiger partial charge >= 0.3 is 0 Å². The van der Waals surface area contributed by atoms with Gasteiger partial charge in [-0.25, -0.2) is 0 Å². The molecule has 0 unspecified atom stereocenters. The summed E-state index contributed by atoms with van der Waals surface area (Å²) in [5.41, 5.74) is 2.80. The topological polar surface area (TPSA) is 43.3 Å². The highest BCUT2D eigenvalue weighted by molar-refractivity contribution is 5.91. The Balaban J connectivity index is 1.53. The molecule has 0 fully saturated rings. The van der Waals surface area contributed by atoms with Crippen LogP contribution in [0.1, 0.15) is 5.56 Å². The Morgan fingerprint density at radius 2 is 1.74 bits per heavy atom. The lowest BCUT2D eigenvalue weighted by Gasteiger charge is -2.09. The number of benzene rings is 2. The summed E-state index contributed by atoms with van der Waals surface area (Å²) in [7, 11) is 0. The van der Waals surface area contributed by atoms with E-state index >= 15 is 0 Å². The number of hydrogen-bond donors (Lipinski definition) is 1. The number of carbonyl (C=O) groups excluding carboxylic acids is 1. The van der Waals surface area contributed by atoms with Gasteiger partial charge in [-0.05, 0) is 35.9 Å². The van der Waals surface area contributed by atoms with Crippen molar-refractivity contribution in [2.75, 3.05) is 11.9 Å². The summed E-state index contributed by atoms with van der Waals surface area (Å²) in [6.07, 6.45) is 3.92. The van der Waals surface area contributed by atoms with Crippen molar-refractivity contribution in [3.05, 3.63) is 84.7 Å². The zero-order valence-corrected chi connectivity index (χ0v) is 12.7. The molecule has 116 valence electrons. The lowest BCUT2D eigenvalue weighted by atomic mass is 10.2. The van der Waals surface area contributed by atoms with Crippen molar-refractivity contribution in [2.24, 2.45) is 0 Å². The number of ether oxygens (including phenoxy) is 1. The summed E-state index contributed by atoms with van der Waals surface area (Å²) in [6.45, 7) is 0.459. The Kier molecular flexibility index (Phi) is 4.86. The lowest BCUT2D eigenvalue weighted by molar-refractivity contribution is -0.121. The molecule has 0 atom stereocenters. The van der Waals surface area contributed by atoms with E-state index in [0.717, 1.165) is 16.9 Å². The minimum atomic E-state index is -0.161. The first kappa shape index (κ1) is 15.1. The maximum Gasteiger partial charge on any atom is 0.250 e. The Morgan fingerprint density at radius 1 is 0.957 bits per heavy atom. The minimum absolute atomic E-state index is 0.0304. The van der Waals surface area contributed by atoms with E-state index in [1.807, 2.05) is 83.7 Å². The molecule has 4 heteroatoms. The number of hydrogen-bond acceptors (Lipinski definition) is 2. The first-order valence-electron chi connectivity index (χ1n) is 7.46. The van der Waals surface area contributed by atoms with Crippen molar-refractivity contribution in [3.8, 4) is 5.69 Å². The fraction of sp³-hybridized carbons (Fsp3) is 0.105. The maximum atomic E-state index is 12.0. The number of aromatic nitrogens is 1. The van der Waals surface area contributed by atoms with Crippen molar-refractivity contribution >= 4 is 11.6 Å². The smallest absolute Gasteiger partial charge is 0.250 e. The van der Waals surface area contributed by atoms with Crippen molar-refractivity contribution in [3.63, 3.8) is 0 Å². The molecule has 3 aromatic rings. The van der Waals surface area contributed by atoms with E-state index in [1.54, 1.807) is 0 Å². The summed E-state index contributed by atoms with van der Waals surface area (Å²) in [4.78, 5) is 12.0. The Bertz CT molecular complexity index is 752. The predicted molar refractivity (Wildman–Crippen MR) is 90.5 cm³/mol. The van der Waals surface area contributed by atoms with E-state index < -0.39 is 0 Å². The SMILES string of the molecule is O=C(COCc1ccccc1)Nc1cccc(-n2cccc2)c1. The van der Waals surface area contributed by atoms with Crippen molar-refractivity contribution < 1.29 is 9.53 Å². The van der Waals surface area contributed by atoms with Crippen LogP contribution in [0, 0.1) is 0 Å². The molecule has 0 saturated heterocycles. The molecule has 2 aromatic carbocycles. The van der Waals surface area contributed by atoms with Gasteiger partial charge in [0.2, 0.25) is 5.91 Å². The van der Waals surface area contributed by atoms with Gasteiger partial charge in [0.15, 0.2) is 0 Å². The van der Waals surface area contributed by atoms with Crippen LogP contribution in [-0.2, 0) is 16.1 Å². The Labute approximate surface area is 135 Å². The number of carbonyl (C=O) groups is 1. The molecule has 1 amide bonds. The van der Waals surface area contributed by atoms with E-state index in [4.69, 9.17) is 4.74 Å². The molecular weight excluding hydrogens is 288 g/mol.